The number of phenolic OH excluding ortho intramolecular Hbond substituents is 1. The van der Waals surface area contributed by atoms with Crippen molar-refractivity contribution in [3.05, 3.63) is 40.4 Å². The van der Waals surface area contributed by atoms with E-state index >= 15 is 0 Å². The summed E-state index contributed by atoms with van der Waals surface area (Å²) >= 11 is 1.52. The number of fused-ring (bicyclic) bond motifs is 1. The number of benzene rings is 1. The Bertz CT molecular complexity index is 596. The monoisotopic (exact) mass is 261 g/mol. The van der Waals surface area contributed by atoms with Crippen molar-refractivity contribution in [3.63, 3.8) is 0 Å². The molecular weight excluding hydrogens is 246 g/mol. The second-order valence-electron chi connectivity index (χ2n) is 4.81. The highest BCUT2D eigenvalue weighted by Crippen LogP contribution is 2.38. The zero-order valence-corrected chi connectivity index (χ0v) is 10.7. The minimum Gasteiger partial charge on any atom is -0.508 e. The SMILES string of the molecule is Nc1nc2c(s1)CC(N)(c1cccc(O)c1)CC2. The van der Waals surface area contributed by atoms with Gasteiger partial charge in [-0.3, -0.25) is 0 Å². The molecule has 5 heteroatoms. The molecule has 0 fully saturated rings. The number of thiazole rings is 1. The summed E-state index contributed by atoms with van der Waals surface area (Å²) in [4.78, 5) is 5.49. The number of anilines is 1. The van der Waals surface area contributed by atoms with Crippen LogP contribution in [-0.4, -0.2) is 10.1 Å². The van der Waals surface area contributed by atoms with E-state index in [-0.39, 0.29) is 5.75 Å². The van der Waals surface area contributed by atoms with Gasteiger partial charge in [0.05, 0.1) is 5.69 Å². The molecule has 0 saturated heterocycles. The highest BCUT2D eigenvalue weighted by molar-refractivity contribution is 7.15. The molecule has 18 heavy (non-hydrogen) atoms. The minimum absolute atomic E-state index is 0.256. The third-order valence-electron chi connectivity index (χ3n) is 3.50. The van der Waals surface area contributed by atoms with E-state index in [2.05, 4.69) is 4.98 Å². The van der Waals surface area contributed by atoms with Crippen molar-refractivity contribution < 1.29 is 5.11 Å². The van der Waals surface area contributed by atoms with Gasteiger partial charge in [0.25, 0.3) is 0 Å². The molecule has 0 aliphatic heterocycles. The summed E-state index contributed by atoms with van der Waals surface area (Å²) in [6, 6.07) is 7.20. The second kappa shape index (κ2) is 3.96. The number of phenols is 1. The van der Waals surface area contributed by atoms with E-state index < -0.39 is 5.54 Å². The van der Waals surface area contributed by atoms with E-state index in [4.69, 9.17) is 11.5 Å². The van der Waals surface area contributed by atoms with Crippen molar-refractivity contribution in [2.45, 2.75) is 24.8 Å². The zero-order chi connectivity index (χ0) is 12.8. The molecule has 1 aromatic heterocycles. The van der Waals surface area contributed by atoms with Crippen molar-refractivity contribution in [2.75, 3.05) is 5.73 Å². The normalized spacial score (nSPS) is 22.7. The highest BCUT2D eigenvalue weighted by Gasteiger charge is 2.34. The first kappa shape index (κ1) is 11.5. The van der Waals surface area contributed by atoms with Gasteiger partial charge in [0.2, 0.25) is 0 Å². The first-order chi connectivity index (χ1) is 8.57. The van der Waals surface area contributed by atoms with E-state index in [9.17, 15) is 5.11 Å². The standard InChI is InChI=1S/C13H15N3OS/c14-12-16-10-4-5-13(15,7-11(10)18-12)8-2-1-3-9(17)6-8/h1-3,6,17H,4-5,7,15H2,(H2,14,16). The van der Waals surface area contributed by atoms with E-state index in [0.717, 1.165) is 30.5 Å². The van der Waals surface area contributed by atoms with Gasteiger partial charge in [0.1, 0.15) is 5.75 Å². The number of nitrogen functional groups attached to an aromatic ring is 1. The molecule has 3 rings (SSSR count). The van der Waals surface area contributed by atoms with Gasteiger partial charge < -0.3 is 16.6 Å². The molecule has 1 atom stereocenters. The first-order valence-electron chi connectivity index (χ1n) is 5.89. The van der Waals surface area contributed by atoms with Crippen molar-refractivity contribution in [2.24, 2.45) is 5.73 Å². The Balaban J connectivity index is 1.98. The maximum absolute atomic E-state index is 9.57. The minimum atomic E-state index is -0.426. The topological polar surface area (TPSA) is 85.2 Å². The molecule has 4 nitrogen and oxygen atoms in total. The van der Waals surface area contributed by atoms with Crippen LogP contribution in [0.1, 0.15) is 22.6 Å². The number of aromatic hydroxyl groups is 1. The second-order valence-corrected chi connectivity index (χ2v) is 5.92. The smallest absolute Gasteiger partial charge is 0.180 e. The lowest BCUT2D eigenvalue weighted by atomic mass is 9.78. The lowest BCUT2D eigenvalue weighted by molar-refractivity contribution is 0.383. The van der Waals surface area contributed by atoms with E-state index in [1.165, 1.54) is 16.2 Å². The number of nitrogens with two attached hydrogens (primary N) is 2. The molecule has 0 saturated carbocycles. The summed E-state index contributed by atoms with van der Waals surface area (Å²) < 4.78 is 0. The fraction of sp³-hybridized carbons (Fsp3) is 0.308. The molecule has 5 N–H and O–H groups in total. The summed E-state index contributed by atoms with van der Waals surface area (Å²) in [5.41, 5.74) is 13.9. The maximum Gasteiger partial charge on any atom is 0.180 e. The lowest BCUT2D eigenvalue weighted by Crippen LogP contribution is -2.41. The number of rotatable bonds is 1. The average Bonchev–Trinajstić information content (AvgIpc) is 2.68. The van der Waals surface area contributed by atoms with E-state index in [1.807, 2.05) is 12.1 Å². The van der Waals surface area contributed by atoms with Crippen LogP contribution in [0.3, 0.4) is 0 Å². The van der Waals surface area contributed by atoms with E-state index in [0.29, 0.717) is 5.13 Å². The summed E-state index contributed by atoms with van der Waals surface area (Å²) in [6.45, 7) is 0. The van der Waals surface area contributed by atoms with Gasteiger partial charge in [-0.15, -0.1) is 11.3 Å². The first-order valence-corrected chi connectivity index (χ1v) is 6.71. The van der Waals surface area contributed by atoms with Crippen LogP contribution in [0, 0.1) is 0 Å². The molecule has 1 aromatic carbocycles. The van der Waals surface area contributed by atoms with Crippen molar-refractivity contribution in [1.82, 2.24) is 4.98 Å². The summed E-state index contributed by atoms with van der Waals surface area (Å²) in [7, 11) is 0. The van der Waals surface area contributed by atoms with Crippen LogP contribution in [0.4, 0.5) is 5.13 Å². The number of nitrogens with zero attached hydrogens (tertiary/aromatic N) is 1. The van der Waals surface area contributed by atoms with Gasteiger partial charge in [-0.25, -0.2) is 4.98 Å². The molecule has 2 aromatic rings. The van der Waals surface area contributed by atoms with Gasteiger partial charge in [0.15, 0.2) is 5.13 Å². The molecule has 0 radical (unpaired) electrons. The fourth-order valence-electron chi connectivity index (χ4n) is 2.52. The van der Waals surface area contributed by atoms with Crippen LogP contribution in [0.15, 0.2) is 24.3 Å². The van der Waals surface area contributed by atoms with Gasteiger partial charge in [-0.05, 0) is 30.5 Å². The Morgan fingerprint density at radius 3 is 3.00 bits per heavy atom. The van der Waals surface area contributed by atoms with Gasteiger partial charge in [-0.2, -0.15) is 0 Å². The Morgan fingerprint density at radius 1 is 1.39 bits per heavy atom. The van der Waals surface area contributed by atoms with Crippen LogP contribution >= 0.6 is 11.3 Å². The Hall–Kier alpha value is -1.59. The third-order valence-corrected chi connectivity index (χ3v) is 4.43. The van der Waals surface area contributed by atoms with E-state index in [1.54, 1.807) is 12.1 Å². The van der Waals surface area contributed by atoms with Crippen molar-refractivity contribution in [3.8, 4) is 5.75 Å². The van der Waals surface area contributed by atoms with Gasteiger partial charge >= 0.3 is 0 Å². The molecule has 94 valence electrons. The van der Waals surface area contributed by atoms with Crippen LogP contribution in [0.2, 0.25) is 0 Å². The maximum atomic E-state index is 9.57. The lowest BCUT2D eigenvalue weighted by Gasteiger charge is -2.33. The summed E-state index contributed by atoms with van der Waals surface area (Å²) in [5.74, 6) is 0.256. The van der Waals surface area contributed by atoms with Gasteiger partial charge in [0, 0.05) is 16.8 Å². The predicted octanol–water partition coefficient (Wildman–Crippen LogP) is 1.77. The Labute approximate surface area is 109 Å². The highest BCUT2D eigenvalue weighted by atomic mass is 32.1. The number of aryl methyl sites for hydroxylation is 1. The molecule has 0 bridgehead atoms. The number of hydrogen-bond acceptors (Lipinski definition) is 5. The van der Waals surface area contributed by atoms with Gasteiger partial charge in [-0.1, -0.05) is 12.1 Å². The van der Waals surface area contributed by atoms with Crippen LogP contribution in [0.5, 0.6) is 5.75 Å². The van der Waals surface area contributed by atoms with Crippen LogP contribution < -0.4 is 11.5 Å². The molecule has 1 aliphatic carbocycles. The largest absolute Gasteiger partial charge is 0.508 e. The van der Waals surface area contributed by atoms with Crippen molar-refractivity contribution in [1.29, 1.82) is 0 Å². The van der Waals surface area contributed by atoms with Crippen LogP contribution in [-0.2, 0) is 18.4 Å². The molecule has 0 amide bonds. The third kappa shape index (κ3) is 1.85. The Morgan fingerprint density at radius 2 is 2.22 bits per heavy atom. The number of aromatic nitrogens is 1. The average molecular weight is 261 g/mol. The number of hydrogen-bond donors (Lipinski definition) is 3. The fourth-order valence-corrected chi connectivity index (χ4v) is 3.52. The summed E-state index contributed by atoms with van der Waals surface area (Å²) in [5, 5.41) is 10.2. The molecule has 1 unspecified atom stereocenters. The molecule has 1 aliphatic rings. The van der Waals surface area contributed by atoms with Crippen molar-refractivity contribution >= 4 is 16.5 Å². The predicted molar refractivity (Wildman–Crippen MR) is 72.5 cm³/mol. The molecular formula is C13H15N3OS. The van der Waals surface area contributed by atoms with Crippen LogP contribution in [0.25, 0.3) is 0 Å². The Kier molecular flexibility index (Phi) is 2.53. The quantitative estimate of drug-likeness (QED) is 0.730. The molecule has 0 spiro atoms. The summed E-state index contributed by atoms with van der Waals surface area (Å²) in [6.07, 6.45) is 2.41. The molecule has 1 heterocycles. The zero-order valence-electron chi connectivity index (χ0n) is 9.89.